The number of rotatable bonds is 5. The van der Waals surface area contributed by atoms with Gasteiger partial charge in [0, 0.05) is 30.5 Å². The van der Waals surface area contributed by atoms with Gasteiger partial charge in [-0.1, -0.05) is 0 Å². The van der Waals surface area contributed by atoms with E-state index in [-0.39, 0.29) is 11.7 Å². The second kappa shape index (κ2) is 8.14. The molecule has 138 valence electrons. The molecular weight excluding hydrogens is 342 g/mol. The van der Waals surface area contributed by atoms with Crippen LogP contribution in [0.3, 0.4) is 0 Å². The summed E-state index contributed by atoms with van der Waals surface area (Å²) in [5, 5.41) is 2.74. The number of anilines is 2. The highest BCUT2D eigenvalue weighted by Crippen LogP contribution is 2.20. The largest absolute Gasteiger partial charge is 0.481 e. The molecule has 1 atom stereocenters. The molecule has 5 nitrogen and oxygen atoms in total. The number of morpholine rings is 1. The van der Waals surface area contributed by atoms with Crippen molar-refractivity contribution in [1.82, 2.24) is 0 Å². The first-order chi connectivity index (χ1) is 12.5. The van der Waals surface area contributed by atoms with E-state index in [0.29, 0.717) is 18.9 Å². The summed E-state index contributed by atoms with van der Waals surface area (Å²) >= 11 is 0. The van der Waals surface area contributed by atoms with Gasteiger partial charge in [-0.05, 0) is 43.3 Å². The number of carbonyl (C=O) groups excluding carboxylic acids is 1. The molecule has 1 fully saturated rings. The highest BCUT2D eigenvalue weighted by molar-refractivity contribution is 5.94. The Balaban J connectivity index is 1.57. The first kappa shape index (κ1) is 18.1. The molecule has 0 aromatic heterocycles. The molecule has 0 saturated carbocycles. The lowest BCUT2D eigenvalue weighted by molar-refractivity contribution is -0.122. The summed E-state index contributed by atoms with van der Waals surface area (Å²) in [7, 11) is 0. The number of hydrogen-bond donors (Lipinski definition) is 1. The van der Waals surface area contributed by atoms with E-state index in [1.54, 1.807) is 6.92 Å². The molecule has 1 saturated heterocycles. The Morgan fingerprint density at radius 3 is 2.46 bits per heavy atom. The van der Waals surface area contributed by atoms with E-state index >= 15 is 0 Å². The molecule has 0 radical (unpaired) electrons. The van der Waals surface area contributed by atoms with Crippen molar-refractivity contribution in [3.8, 4) is 5.75 Å². The van der Waals surface area contributed by atoms with Crippen molar-refractivity contribution in [2.24, 2.45) is 0 Å². The Hall–Kier alpha value is -2.67. The maximum Gasteiger partial charge on any atom is 0.265 e. The van der Waals surface area contributed by atoms with Crippen LogP contribution in [0.4, 0.5) is 20.2 Å². The number of benzene rings is 2. The van der Waals surface area contributed by atoms with Crippen molar-refractivity contribution >= 4 is 17.3 Å². The minimum Gasteiger partial charge on any atom is -0.481 e. The van der Waals surface area contributed by atoms with Gasteiger partial charge in [0.1, 0.15) is 5.75 Å². The molecule has 1 N–H and O–H groups in total. The van der Waals surface area contributed by atoms with Crippen LogP contribution in [0.5, 0.6) is 5.75 Å². The van der Waals surface area contributed by atoms with Gasteiger partial charge >= 0.3 is 0 Å². The lowest BCUT2D eigenvalue weighted by Gasteiger charge is -2.29. The second-order valence-electron chi connectivity index (χ2n) is 5.97. The molecule has 1 aliphatic rings. The van der Waals surface area contributed by atoms with Gasteiger partial charge in [-0.2, -0.15) is 0 Å². The quantitative estimate of drug-likeness (QED) is 0.887. The van der Waals surface area contributed by atoms with Gasteiger partial charge in [-0.15, -0.1) is 0 Å². The summed E-state index contributed by atoms with van der Waals surface area (Å²) in [5.41, 5.74) is 1.70. The number of ether oxygens (including phenoxy) is 2. The Bertz CT molecular complexity index is 762. The average Bonchev–Trinajstić information content (AvgIpc) is 2.66. The summed E-state index contributed by atoms with van der Waals surface area (Å²) in [6.45, 7) is 4.63. The van der Waals surface area contributed by atoms with Crippen molar-refractivity contribution < 1.29 is 23.0 Å². The summed E-state index contributed by atoms with van der Waals surface area (Å²) in [5.74, 6) is -2.27. The molecule has 3 rings (SSSR count). The summed E-state index contributed by atoms with van der Waals surface area (Å²) in [4.78, 5) is 14.4. The first-order valence-electron chi connectivity index (χ1n) is 8.38. The highest BCUT2D eigenvalue weighted by atomic mass is 19.2. The fraction of sp³-hybridized carbons (Fsp3) is 0.316. The van der Waals surface area contributed by atoms with Crippen LogP contribution in [0.25, 0.3) is 0 Å². The molecule has 0 spiro atoms. The normalized spacial score (nSPS) is 15.4. The molecule has 1 unspecified atom stereocenters. The van der Waals surface area contributed by atoms with Crippen LogP contribution in [-0.2, 0) is 9.53 Å². The van der Waals surface area contributed by atoms with E-state index < -0.39 is 17.7 Å². The fourth-order valence-corrected chi connectivity index (χ4v) is 2.63. The minimum absolute atomic E-state index is 0.0919. The van der Waals surface area contributed by atoms with Gasteiger partial charge < -0.3 is 19.7 Å². The van der Waals surface area contributed by atoms with Gasteiger partial charge in [-0.25, -0.2) is 8.78 Å². The topological polar surface area (TPSA) is 50.8 Å². The van der Waals surface area contributed by atoms with E-state index in [0.717, 1.165) is 30.9 Å². The third-order valence-corrected chi connectivity index (χ3v) is 4.08. The molecule has 0 aliphatic carbocycles. The third-order valence-electron chi connectivity index (χ3n) is 4.08. The molecule has 1 amide bonds. The molecule has 1 heterocycles. The Morgan fingerprint density at radius 2 is 1.81 bits per heavy atom. The Morgan fingerprint density at radius 1 is 1.12 bits per heavy atom. The van der Waals surface area contributed by atoms with E-state index in [4.69, 9.17) is 9.47 Å². The summed E-state index contributed by atoms with van der Waals surface area (Å²) in [6, 6.07) is 10.6. The van der Waals surface area contributed by atoms with Crippen LogP contribution in [0.1, 0.15) is 6.92 Å². The van der Waals surface area contributed by atoms with Crippen LogP contribution in [0.2, 0.25) is 0 Å². The van der Waals surface area contributed by atoms with Crippen LogP contribution >= 0.6 is 0 Å². The second-order valence-corrected chi connectivity index (χ2v) is 5.97. The minimum atomic E-state index is -1.02. The number of halogens is 2. The zero-order valence-electron chi connectivity index (χ0n) is 14.4. The Kier molecular flexibility index (Phi) is 5.68. The lowest BCUT2D eigenvalue weighted by atomic mass is 10.2. The van der Waals surface area contributed by atoms with Crippen LogP contribution in [0.15, 0.2) is 42.5 Å². The van der Waals surface area contributed by atoms with Crippen LogP contribution < -0.4 is 15.0 Å². The van der Waals surface area contributed by atoms with E-state index in [1.807, 2.05) is 24.3 Å². The van der Waals surface area contributed by atoms with Crippen molar-refractivity contribution in [3.63, 3.8) is 0 Å². The van der Waals surface area contributed by atoms with Crippen molar-refractivity contribution in [2.45, 2.75) is 13.0 Å². The van der Waals surface area contributed by atoms with Gasteiger partial charge in [0.05, 0.1) is 13.2 Å². The Labute approximate surface area is 150 Å². The van der Waals surface area contributed by atoms with Gasteiger partial charge in [0.25, 0.3) is 5.91 Å². The van der Waals surface area contributed by atoms with E-state index in [9.17, 15) is 13.6 Å². The molecule has 2 aromatic rings. The maximum absolute atomic E-state index is 13.2. The predicted molar refractivity (Wildman–Crippen MR) is 94.6 cm³/mol. The maximum atomic E-state index is 13.2. The molecule has 7 heteroatoms. The van der Waals surface area contributed by atoms with Crippen LogP contribution in [0, 0.1) is 11.6 Å². The van der Waals surface area contributed by atoms with E-state index in [1.165, 1.54) is 6.07 Å². The van der Waals surface area contributed by atoms with Gasteiger partial charge in [-0.3, -0.25) is 4.79 Å². The standard InChI is InChI=1S/C19H20F2N2O3/c1-13(26-16-6-7-17(20)18(21)12-16)19(24)22-14-2-4-15(5-3-14)23-8-10-25-11-9-23/h2-7,12-13H,8-11H2,1H3,(H,22,24). The number of nitrogens with zero attached hydrogens (tertiary/aromatic N) is 1. The number of amides is 1. The van der Waals surface area contributed by atoms with Crippen molar-refractivity contribution in [2.75, 3.05) is 36.5 Å². The zero-order valence-corrected chi connectivity index (χ0v) is 14.4. The monoisotopic (exact) mass is 362 g/mol. The summed E-state index contributed by atoms with van der Waals surface area (Å²) in [6.07, 6.45) is -0.862. The molecule has 0 bridgehead atoms. The van der Waals surface area contributed by atoms with Crippen molar-refractivity contribution in [3.05, 3.63) is 54.1 Å². The first-order valence-corrected chi connectivity index (χ1v) is 8.38. The smallest absolute Gasteiger partial charge is 0.265 e. The predicted octanol–water partition coefficient (Wildman–Crippen LogP) is 3.21. The third kappa shape index (κ3) is 4.49. The molecule has 1 aliphatic heterocycles. The highest BCUT2D eigenvalue weighted by Gasteiger charge is 2.16. The summed E-state index contributed by atoms with van der Waals surface area (Å²) < 4.78 is 36.8. The number of nitrogens with one attached hydrogen (secondary N) is 1. The molecular formula is C19H20F2N2O3. The fourth-order valence-electron chi connectivity index (χ4n) is 2.63. The zero-order chi connectivity index (χ0) is 18.5. The van der Waals surface area contributed by atoms with Gasteiger partial charge in [0.2, 0.25) is 0 Å². The van der Waals surface area contributed by atoms with Crippen LogP contribution in [-0.4, -0.2) is 38.3 Å². The lowest BCUT2D eigenvalue weighted by Crippen LogP contribution is -2.36. The molecule has 2 aromatic carbocycles. The number of carbonyl (C=O) groups is 1. The van der Waals surface area contributed by atoms with E-state index in [2.05, 4.69) is 10.2 Å². The van der Waals surface area contributed by atoms with Gasteiger partial charge in [0.15, 0.2) is 17.7 Å². The SMILES string of the molecule is CC(Oc1ccc(F)c(F)c1)C(=O)Nc1ccc(N2CCOCC2)cc1. The number of hydrogen-bond acceptors (Lipinski definition) is 4. The van der Waals surface area contributed by atoms with Crippen molar-refractivity contribution in [1.29, 1.82) is 0 Å². The average molecular weight is 362 g/mol. The molecule has 26 heavy (non-hydrogen) atoms.